The smallest absolute Gasteiger partial charge is 0.314 e. The molecular formula is C18H14O2. The van der Waals surface area contributed by atoms with Crippen LogP contribution < -0.4 is 0 Å². The summed E-state index contributed by atoms with van der Waals surface area (Å²) in [6, 6.07) is 17.0. The summed E-state index contributed by atoms with van der Waals surface area (Å²) in [5, 5.41) is 0. The van der Waals surface area contributed by atoms with Crippen LogP contribution in [0.3, 0.4) is 0 Å². The number of rotatable bonds is 1. The molecule has 0 aromatic heterocycles. The Morgan fingerprint density at radius 2 is 1.35 bits per heavy atom. The number of benzene rings is 2. The zero-order valence-corrected chi connectivity index (χ0v) is 11.2. The highest BCUT2D eigenvalue weighted by Crippen LogP contribution is 2.86. The second-order valence-corrected chi connectivity index (χ2v) is 6.07. The molecule has 2 heteroatoms. The van der Waals surface area contributed by atoms with Gasteiger partial charge in [-0.05, 0) is 22.3 Å². The molecule has 0 saturated heterocycles. The lowest BCUT2D eigenvalue weighted by molar-refractivity contribution is -0.147. The molecule has 0 radical (unpaired) electrons. The minimum Gasteiger partial charge on any atom is -0.469 e. The van der Waals surface area contributed by atoms with E-state index < -0.39 is 0 Å². The maximum absolute atomic E-state index is 12.6. The zero-order chi connectivity index (χ0) is 13.5. The van der Waals surface area contributed by atoms with Gasteiger partial charge in [0.1, 0.15) is 0 Å². The largest absolute Gasteiger partial charge is 0.469 e. The fourth-order valence-electron chi connectivity index (χ4n) is 4.98. The highest BCUT2D eigenvalue weighted by molar-refractivity contribution is 5.93. The van der Waals surface area contributed by atoms with Gasteiger partial charge >= 0.3 is 5.97 Å². The average molecular weight is 262 g/mol. The van der Waals surface area contributed by atoms with Crippen LogP contribution in [0.15, 0.2) is 48.5 Å². The van der Waals surface area contributed by atoms with E-state index in [0.717, 1.165) is 0 Å². The van der Waals surface area contributed by atoms with Crippen LogP contribution in [0.25, 0.3) is 0 Å². The van der Waals surface area contributed by atoms with E-state index in [2.05, 4.69) is 48.5 Å². The minimum absolute atomic E-state index is 0.0371. The minimum atomic E-state index is -0.345. The molecule has 0 spiro atoms. The van der Waals surface area contributed by atoms with Gasteiger partial charge in [0, 0.05) is 17.8 Å². The highest BCUT2D eigenvalue weighted by Gasteiger charge is 2.82. The van der Waals surface area contributed by atoms with Gasteiger partial charge in [0.05, 0.1) is 12.5 Å². The molecule has 1 fully saturated rings. The Balaban J connectivity index is 1.84. The second kappa shape index (κ2) is 3.14. The molecule has 0 heterocycles. The van der Waals surface area contributed by atoms with E-state index in [1.807, 2.05) is 0 Å². The number of fused-ring (bicyclic) bond motifs is 7. The van der Waals surface area contributed by atoms with Gasteiger partial charge in [-0.3, -0.25) is 4.79 Å². The van der Waals surface area contributed by atoms with Gasteiger partial charge < -0.3 is 4.74 Å². The van der Waals surface area contributed by atoms with Gasteiger partial charge in [0.15, 0.2) is 0 Å². The Morgan fingerprint density at radius 3 is 1.80 bits per heavy atom. The van der Waals surface area contributed by atoms with Crippen LogP contribution in [-0.2, 0) is 9.53 Å². The topological polar surface area (TPSA) is 26.3 Å². The molecule has 2 aromatic rings. The fourth-order valence-corrected chi connectivity index (χ4v) is 4.98. The monoisotopic (exact) mass is 262 g/mol. The van der Waals surface area contributed by atoms with Crippen LogP contribution in [0.1, 0.15) is 40.0 Å². The number of ether oxygens (including phenoxy) is 1. The van der Waals surface area contributed by atoms with Crippen molar-refractivity contribution in [3.63, 3.8) is 0 Å². The number of esters is 1. The lowest BCUT2D eigenvalue weighted by Gasteiger charge is -2.19. The molecule has 98 valence electrons. The first-order valence-corrected chi connectivity index (χ1v) is 7.08. The molecule has 0 bridgehead atoms. The van der Waals surface area contributed by atoms with E-state index in [9.17, 15) is 4.79 Å². The van der Waals surface area contributed by atoms with Crippen LogP contribution in [0.4, 0.5) is 0 Å². The first-order chi connectivity index (χ1) is 9.81. The average Bonchev–Trinajstić information content (AvgIpc) is 3.01. The van der Waals surface area contributed by atoms with Gasteiger partial charge in [-0.15, -0.1) is 0 Å². The number of hydrogen-bond donors (Lipinski definition) is 0. The van der Waals surface area contributed by atoms with Gasteiger partial charge in [-0.25, -0.2) is 0 Å². The Hall–Kier alpha value is -2.09. The molecule has 0 amide bonds. The van der Waals surface area contributed by atoms with Crippen molar-refractivity contribution in [1.29, 1.82) is 0 Å². The maximum Gasteiger partial charge on any atom is 0.314 e. The van der Waals surface area contributed by atoms with Crippen molar-refractivity contribution in [3.8, 4) is 0 Å². The molecule has 1 saturated carbocycles. The van der Waals surface area contributed by atoms with Crippen molar-refractivity contribution in [3.05, 3.63) is 70.8 Å². The van der Waals surface area contributed by atoms with E-state index in [4.69, 9.17) is 4.74 Å². The van der Waals surface area contributed by atoms with Crippen molar-refractivity contribution in [2.24, 2.45) is 5.41 Å². The maximum atomic E-state index is 12.6. The number of hydrogen-bond acceptors (Lipinski definition) is 2. The summed E-state index contributed by atoms with van der Waals surface area (Å²) in [7, 11) is 1.51. The summed E-state index contributed by atoms with van der Waals surface area (Å²) in [6.07, 6.45) is 0. The summed E-state index contributed by atoms with van der Waals surface area (Å²) in [5.74, 6) is 0.805. The number of carbonyl (C=O) groups is 1. The number of methoxy groups -OCH3 is 1. The summed E-state index contributed by atoms with van der Waals surface area (Å²) in [6.45, 7) is 0. The zero-order valence-electron chi connectivity index (χ0n) is 11.2. The quantitative estimate of drug-likeness (QED) is 0.738. The molecule has 20 heavy (non-hydrogen) atoms. The third-order valence-electron chi connectivity index (χ3n) is 5.55. The molecule has 2 aromatic carbocycles. The molecule has 3 aliphatic rings. The van der Waals surface area contributed by atoms with Crippen molar-refractivity contribution in [2.45, 2.75) is 17.8 Å². The Kier molecular flexibility index (Phi) is 1.68. The third kappa shape index (κ3) is 0.866. The van der Waals surface area contributed by atoms with Crippen molar-refractivity contribution in [2.75, 3.05) is 7.11 Å². The Bertz CT molecular complexity index is 708. The molecular weight excluding hydrogens is 248 g/mol. The predicted octanol–water partition coefficient (Wildman–Crippen LogP) is 3.19. The molecule has 0 N–H and O–H groups in total. The SMILES string of the molecule is COC(=O)C12C3c4ccccc4[C@H]1[C@@H]2c1ccccc13. The lowest BCUT2D eigenvalue weighted by atomic mass is 9.85. The summed E-state index contributed by atoms with van der Waals surface area (Å²) >= 11 is 0. The van der Waals surface area contributed by atoms with Crippen molar-refractivity contribution >= 4 is 5.97 Å². The summed E-state index contributed by atoms with van der Waals surface area (Å²) in [5.41, 5.74) is 5.00. The molecule has 3 aliphatic carbocycles. The summed E-state index contributed by atoms with van der Waals surface area (Å²) in [4.78, 5) is 12.6. The normalized spacial score (nSPS) is 34.1. The Morgan fingerprint density at radius 1 is 0.900 bits per heavy atom. The first kappa shape index (κ1) is 10.7. The number of carbonyl (C=O) groups excluding carboxylic acids is 1. The highest BCUT2D eigenvalue weighted by atomic mass is 16.5. The molecule has 5 rings (SSSR count). The predicted molar refractivity (Wildman–Crippen MR) is 74.7 cm³/mol. The van der Waals surface area contributed by atoms with E-state index in [1.165, 1.54) is 29.4 Å². The van der Waals surface area contributed by atoms with Gasteiger partial charge in [-0.2, -0.15) is 0 Å². The molecule has 2 nitrogen and oxygen atoms in total. The molecule has 0 aliphatic heterocycles. The van der Waals surface area contributed by atoms with Gasteiger partial charge in [-0.1, -0.05) is 48.5 Å². The van der Waals surface area contributed by atoms with E-state index in [1.54, 1.807) is 0 Å². The second-order valence-electron chi connectivity index (χ2n) is 6.07. The van der Waals surface area contributed by atoms with Gasteiger partial charge in [0.25, 0.3) is 0 Å². The lowest BCUT2D eigenvalue weighted by Crippen LogP contribution is -2.23. The van der Waals surface area contributed by atoms with E-state index >= 15 is 0 Å². The molecule has 0 unspecified atom stereocenters. The Labute approximate surface area is 117 Å². The summed E-state index contributed by atoms with van der Waals surface area (Å²) < 4.78 is 5.18. The first-order valence-electron chi connectivity index (χ1n) is 7.08. The van der Waals surface area contributed by atoms with E-state index in [0.29, 0.717) is 11.8 Å². The van der Waals surface area contributed by atoms with Crippen LogP contribution in [0.2, 0.25) is 0 Å². The van der Waals surface area contributed by atoms with Crippen LogP contribution in [-0.4, -0.2) is 13.1 Å². The molecule has 2 atom stereocenters. The van der Waals surface area contributed by atoms with E-state index in [-0.39, 0.29) is 17.3 Å². The van der Waals surface area contributed by atoms with Crippen LogP contribution in [0, 0.1) is 5.41 Å². The van der Waals surface area contributed by atoms with Crippen LogP contribution in [0.5, 0.6) is 0 Å². The van der Waals surface area contributed by atoms with Crippen molar-refractivity contribution in [1.82, 2.24) is 0 Å². The van der Waals surface area contributed by atoms with Crippen molar-refractivity contribution < 1.29 is 9.53 Å². The fraction of sp³-hybridized carbons (Fsp3) is 0.278. The third-order valence-corrected chi connectivity index (χ3v) is 5.55. The standard InChI is InChI=1S/C18H14O2/c1-20-17(19)18-14-10-6-2-4-8-12(10)15(18)16(18)13-9-5-3-7-11(13)14/h2-9,14-16H,1H3/t14?,15-,16-,18?/m0/s1. The van der Waals surface area contributed by atoms with Gasteiger partial charge in [0.2, 0.25) is 0 Å². The van der Waals surface area contributed by atoms with Crippen LogP contribution >= 0.6 is 0 Å².